The first-order chi connectivity index (χ1) is 23.3. The molecule has 7 aromatic carbocycles. The van der Waals surface area contributed by atoms with Crippen LogP contribution in [0, 0.1) is 0 Å². The molecule has 0 saturated carbocycles. The van der Waals surface area contributed by atoms with Crippen molar-refractivity contribution in [3.8, 4) is 17.2 Å². The van der Waals surface area contributed by atoms with Crippen LogP contribution in [0.4, 0.5) is 0 Å². The van der Waals surface area contributed by atoms with E-state index in [4.69, 9.17) is 14.4 Å². The van der Waals surface area contributed by atoms with Crippen molar-refractivity contribution in [2.45, 2.75) is 0 Å². The monoisotopic (exact) mass is 617 g/mol. The van der Waals surface area contributed by atoms with Crippen molar-refractivity contribution in [2.75, 3.05) is 0 Å². The van der Waals surface area contributed by atoms with Gasteiger partial charge in [-0.2, -0.15) is 4.98 Å². The van der Waals surface area contributed by atoms with E-state index in [0.29, 0.717) is 11.7 Å². The number of benzene rings is 7. The van der Waals surface area contributed by atoms with Crippen LogP contribution in [0.3, 0.4) is 0 Å². The lowest BCUT2D eigenvalue weighted by molar-refractivity contribution is 0.651. The largest absolute Gasteiger partial charge is 0.437 e. The molecule has 0 saturated heterocycles. The van der Waals surface area contributed by atoms with Crippen LogP contribution in [0.5, 0.6) is 0 Å². The van der Waals surface area contributed by atoms with Gasteiger partial charge in [-0.1, -0.05) is 115 Å². The van der Waals surface area contributed by atoms with Gasteiger partial charge < -0.3 is 4.42 Å². The summed E-state index contributed by atoms with van der Waals surface area (Å²) >= 11 is 1.84. The van der Waals surface area contributed by atoms with E-state index in [1.54, 1.807) is 0 Å². The number of para-hydroxylation sites is 2. The zero-order chi connectivity index (χ0) is 30.6. The molecule has 0 N–H and O–H groups in total. The first kappa shape index (κ1) is 25.2. The summed E-state index contributed by atoms with van der Waals surface area (Å²) in [6.07, 6.45) is 0. The summed E-state index contributed by atoms with van der Waals surface area (Å²) in [6, 6.07) is 49.4. The minimum Gasteiger partial charge on any atom is -0.437 e. The highest BCUT2D eigenvalue weighted by Gasteiger charge is 2.25. The molecule has 47 heavy (non-hydrogen) atoms. The van der Waals surface area contributed by atoms with E-state index in [2.05, 4.69) is 126 Å². The maximum atomic E-state index is 6.51. The van der Waals surface area contributed by atoms with Crippen LogP contribution in [0.2, 0.25) is 0 Å². The van der Waals surface area contributed by atoms with Gasteiger partial charge in [0, 0.05) is 37.2 Å². The smallest absolute Gasteiger partial charge is 0.238 e. The summed E-state index contributed by atoms with van der Waals surface area (Å²) in [4.78, 5) is 10.7. The Morgan fingerprint density at radius 2 is 1.21 bits per heavy atom. The highest BCUT2D eigenvalue weighted by molar-refractivity contribution is 7.27. The summed E-state index contributed by atoms with van der Waals surface area (Å²) in [6.45, 7) is 0. The third kappa shape index (κ3) is 3.41. The van der Waals surface area contributed by atoms with Crippen molar-refractivity contribution in [3.05, 3.63) is 140 Å². The molecule has 0 unspecified atom stereocenters. The maximum absolute atomic E-state index is 6.51. The summed E-state index contributed by atoms with van der Waals surface area (Å²) < 4.78 is 11.3. The van der Waals surface area contributed by atoms with Crippen LogP contribution in [0.25, 0.3) is 103 Å². The Balaban J connectivity index is 1.35. The van der Waals surface area contributed by atoms with Crippen molar-refractivity contribution in [3.63, 3.8) is 0 Å². The van der Waals surface area contributed by atoms with E-state index in [1.807, 2.05) is 29.5 Å². The number of thiophene rings is 1. The fraction of sp³-hybridized carbons (Fsp3) is 0. The van der Waals surface area contributed by atoms with E-state index in [-0.39, 0.29) is 0 Å². The van der Waals surface area contributed by atoms with Crippen LogP contribution in [0.1, 0.15) is 0 Å². The van der Waals surface area contributed by atoms with Crippen molar-refractivity contribution < 1.29 is 4.42 Å². The van der Waals surface area contributed by atoms with Gasteiger partial charge in [-0.3, -0.25) is 4.57 Å². The lowest BCUT2D eigenvalue weighted by Gasteiger charge is -2.11. The van der Waals surface area contributed by atoms with E-state index >= 15 is 0 Å². The molecule has 0 aliphatic heterocycles. The predicted molar refractivity (Wildman–Crippen MR) is 197 cm³/mol. The third-order valence-electron chi connectivity index (χ3n) is 9.60. The Hall–Kier alpha value is -6.04. The van der Waals surface area contributed by atoms with E-state index < -0.39 is 0 Å². The number of furan rings is 1. The SMILES string of the molecule is c1ccc2cc(-c3nc(-n4c5ccccc5c5c6ccccc6c6c7ccccc7sc6c54)nc4oc5ccccc5c34)ccc2c1. The van der Waals surface area contributed by atoms with Crippen molar-refractivity contribution in [1.29, 1.82) is 0 Å². The van der Waals surface area contributed by atoms with Gasteiger partial charge in [0.15, 0.2) is 0 Å². The standard InChI is InChI=1S/C42H23N3OS/c1-2-12-25-23-26(22-21-24(25)11-1)38-37-30-16-6-9-19-33(30)46-41(37)44-42(43-38)45-32-18-8-5-15-29(32)35-27-13-3-4-14-28(27)36-31-17-7-10-20-34(31)47-40(36)39(35)45/h1-23H. The third-order valence-corrected chi connectivity index (χ3v) is 10.8. The molecular weight excluding hydrogens is 595 g/mol. The fourth-order valence-electron chi connectivity index (χ4n) is 7.59. The summed E-state index contributed by atoms with van der Waals surface area (Å²) in [5, 5.41) is 11.7. The lowest BCUT2D eigenvalue weighted by atomic mass is 9.99. The molecule has 0 radical (unpaired) electrons. The molecule has 11 aromatic rings. The molecule has 0 fully saturated rings. The average molecular weight is 618 g/mol. The molecule has 0 aliphatic carbocycles. The second kappa shape index (κ2) is 9.25. The number of rotatable bonds is 2. The van der Waals surface area contributed by atoms with Gasteiger partial charge in [0.25, 0.3) is 0 Å². The first-order valence-corrected chi connectivity index (χ1v) is 16.6. The highest BCUT2D eigenvalue weighted by Crippen LogP contribution is 2.48. The average Bonchev–Trinajstić information content (AvgIpc) is 3.81. The Kier molecular flexibility index (Phi) is 4.96. The molecular formula is C42H23N3OS. The molecule has 4 nitrogen and oxygen atoms in total. The van der Waals surface area contributed by atoms with E-state index in [0.717, 1.165) is 38.6 Å². The Labute approximate surface area is 271 Å². The van der Waals surface area contributed by atoms with Gasteiger partial charge in [-0.25, -0.2) is 4.98 Å². The predicted octanol–water partition coefficient (Wildman–Crippen LogP) is 11.8. The molecule has 11 rings (SSSR count). The van der Waals surface area contributed by atoms with Gasteiger partial charge in [0.05, 0.1) is 26.8 Å². The zero-order valence-electron chi connectivity index (χ0n) is 24.9. The van der Waals surface area contributed by atoms with Crippen molar-refractivity contribution in [2.24, 2.45) is 0 Å². The van der Waals surface area contributed by atoms with Gasteiger partial charge in [0.1, 0.15) is 5.58 Å². The second-order valence-electron chi connectivity index (χ2n) is 12.1. The maximum Gasteiger partial charge on any atom is 0.238 e. The van der Waals surface area contributed by atoms with Crippen molar-refractivity contribution >= 4 is 96.9 Å². The molecule has 0 bridgehead atoms. The van der Waals surface area contributed by atoms with Crippen LogP contribution in [-0.2, 0) is 0 Å². The number of aromatic nitrogens is 3. The molecule has 4 heterocycles. The zero-order valence-corrected chi connectivity index (χ0v) is 25.8. The fourth-order valence-corrected chi connectivity index (χ4v) is 8.85. The summed E-state index contributed by atoms with van der Waals surface area (Å²) in [7, 11) is 0. The van der Waals surface area contributed by atoms with Crippen LogP contribution in [-0.4, -0.2) is 14.5 Å². The van der Waals surface area contributed by atoms with Gasteiger partial charge in [0.2, 0.25) is 11.7 Å². The van der Waals surface area contributed by atoms with Crippen LogP contribution >= 0.6 is 11.3 Å². The molecule has 218 valence electrons. The number of fused-ring (bicyclic) bond motifs is 14. The second-order valence-corrected chi connectivity index (χ2v) is 13.2. The summed E-state index contributed by atoms with van der Waals surface area (Å²) in [5.41, 5.74) is 5.47. The first-order valence-electron chi connectivity index (χ1n) is 15.8. The topological polar surface area (TPSA) is 43.9 Å². The minimum atomic E-state index is 0.582. The molecule has 0 spiro atoms. The number of nitrogens with zero attached hydrogens (tertiary/aromatic N) is 3. The Morgan fingerprint density at radius 3 is 2.09 bits per heavy atom. The Morgan fingerprint density at radius 1 is 0.532 bits per heavy atom. The van der Waals surface area contributed by atoms with E-state index in [9.17, 15) is 0 Å². The molecule has 0 amide bonds. The summed E-state index contributed by atoms with van der Waals surface area (Å²) in [5.74, 6) is 0.597. The molecule has 5 heteroatoms. The highest BCUT2D eigenvalue weighted by atomic mass is 32.1. The molecule has 4 aromatic heterocycles. The van der Waals surface area contributed by atoms with Crippen LogP contribution in [0.15, 0.2) is 144 Å². The van der Waals surface area contributed by atoms with Crippen molar-refractivity contribution in [1.82, 2.24) is 14.5 Å². The molecule has 0 aliphatic rings. The normalized spacial score (nSPS) is 12.3. The lowest BCUT2D eigenvalue weighted by Crippen LogP contribution is -2.03. The quantitative estimate of drug-likeness (QED) is 0.194. The number of hydrogen-bond acceptors (Lipinski definition) is 4. The van der Waals surface area contributed by atoms with Gasteiger partial charge >= 0.3 is 0 Å². The minimum absolute atomic E-state index is 0.582. The van der Waals surface area contributed by atoms with Gasteiger partial charge in [-0.15, -0.1) is 11.3 Å². The number of hydrogen-bond donors (Lipinski definition) is 0. The Bertz CT molecular complexity index is 3090. The van der Waals surface area contributed by atoms with E-state index in [1.165, 1.54) is 52.5 Å². The van der Waals surface area contributed by atoms with Gasteiger partial charge in [-0.05, 0) is 45.8 Å². The molecule has 0 atom stereocenters. The van der Waals surface area contributed by atoms with Crippen LogP contribution < -0.4 is 0 Å².